The minimum Gasteiger partial charge on any atom is -0.508 e. The van der Waals surface area contributed by atoms with Crippen LogP contribution in [0, 0.1) is 0 Å². The minimum absolute atomic E-state index is 0.0233. The van der Waals surface area contributed by atoms with Crippen LogP contribution in [0.3, 0.4) is 0 Å². The molecule has 0 bridgehead atoms. The lowest BCUT2D eigenvalue weighted by molar-refractivity contribution is -0.138. The van der Waals surface area contributed by atoms with Gasteiger partial charge in [-0.2, -0.15) is 0 Å². The van der Waals surface area contributed by atoms with Gasteiger partial charge in [-0.25, -0.2) is 4.98 Å². The number of nitrogens with two attached hydrogens (primary N) is 1. The Labute approximate surface area is 183 Å². The number of nitrogens with zero attached hydrogens (tertiary/aromatic N) is 1. The van der Waals surface area contributed by atoms with Gasteiger partial charge < -0.3 is 36.9 Å². The van der Waals surface area contributed by atoms with Crippen molar-refractivity contribution in [3.63, 3.8) is 0 Å². The van der Waals surface area contributed by atoms with Gasteiger partial charge in [-0.05, 0) is 24.6 Å². The lowest BCUT2D eigenvalue weighted by atomic mass is 10.0. The van der Waals surface area contributed by atoms with E-state index < -0.39 is 48.4 Å². The zero-order valence-corrected chi connectivity index (χ0v) is 17.4. The molecule has 0 radical (unpaired) electrons. The monoisotopic (exact) mass is 446 g/mol. The van der Waals surface area contributed by atoms with E-state index in [1.807, 2.05) is 0 Å². The second kappa shape index (κ2) is 11.5. The number of aromatic nitrogens is 2. The Morgan fingerprint density at radius 3 is 2.22 bits per heavy atom. The maximum atomic E-state index is 13.0. The van der Waals surface area contributed by atoms with E-state index in [1.165, 1.54) is 31.6 Å². The Balaban J connectivity index is 2.20. The summed E-state index contributed by atoms with van der Waals surface area (Å²) in [6.45, 7) is 0.841. The number of carboxylic acid groups (broad SMARTS) is 1. The van der Waals surface area contributed by atoms with Gasteiger partial charge in [0.15, 0.2) is 0 Å². The standard InChI is InChI=1S/C20H26N6O6/c1-11(21)18(30)25-16(7-13-8-22-10-24-13)20(32)26-15(19(31)23-9-17(28)29)6-12-2-4-14(27)5-3-12/h2-5,8,10-11,15-16,27H,6-7,9,21H2,1H3,(H,22,24)(H,23,31)(H,25,30)(H,26,32)(H,28,29). The summed E-state index contributed by atoms with van der Waals surface area (Å²) in [5.41, 5.74) is 6.77. The van der Waals surface area contributed by atoms with E-state index in [0.29, 0.717) is 11.3 Å². The number of aromatic amines is 1. The number of hydrogen-bond acceptors (Lipinski definition) is 7. The van der Waals surface area contributed by atoms with Crippen LogP contribution in [0.15, 0.2) is 36.8 Å². The van der Waals surface area contributed by atoms with Crippen molar-refractivity contribution in [1.29, 1.82) is 0 Å². The first kappa shape index (κ1) is 24.3. The third-order valence-corrected chi connectivity index (χ3v) is 4.45. The maximum absolute atomic E-state index is 13.0. The summed E-state index contributed by atoms with van der Waals surface area (Å²) in [6, 6.07) is 2.92. The molecule has 0 aliphatic rings. The Hall–Kier alpha value is -3.93. The molecule has 3 atom stereocenters. The van der Waals surface area contributed by atoms with E-state index in [9.17, 15) is 24.3 Å². The van der Waals surface area contributed by atoms with Gasteiger partial charge in [-0.1, -0.05) is 12.1 Å². The Morgan fingerprint density at radius 2 is 1.66 bits per heavy atom. The highest BCUT2D eigenvalue weighted by molar-refractivity contribution is 5.93. The summed E-state index contributed by atoms with van der Waals surface area (Å²) in [5.74, 6) is -3.15. The van der Waals surface area contributed by atoms with E-state index in [-0.39, 0.29) is 18.6 Å². The van der Waals surface area contributed by atoms with Gasteiger partial charge in [-0.15, -0.1) is 0 Å². The number of hydrogen-bond donors (Lipinski definition) is 7. The highest BCUT2D eigenvalue weighted by Crippen LogP contribution is 2.12. The highest BCUT2D eigenvalue weighted by atomic mass is 16.4. The average molecular weight is 446 g/mol. The van der Waals surface area contributed by atoms with Crippen LogP contribution in [0.5, 0.6) is 5.75 Å². The van der Waals surface area contributed by atoms with Gasteiger partial charge >= 0.3 is 5.97 Å². The summed E-state index contributed by atoms with van der Waals surface area (Å²) in [5, 5.41) is 25.6. The molecule has 0 spiro atoms. The number of rotatable bonds is 11. The number of aromatic hydroxyl groups is 1. The van der Waals surface area contributed by atoms with E-state index in [4.69, 9.17) is 10.8 Å². The Morgan fingerprint density at radius 1 is 1.03 bits per heavy atom. The van der Waals surface area contributed by atoms with Crippen LogP contribution in [-0.4, -0.2) is 68.5 Å². The molecule has 12 heteroatoms. The zero-order valence-electron chi connectivity index (χ0n) is 17.4. The lowest BCUT2D eigenvalue weighted by Gasteiger charge is -2.23. The Kier molecular flexibility index (Phi) is 8.72. The van der Waals surface area contributed by atoms with Crippen molar-refractivity contribution in [3.8, 4) is 5.75 Å². The van der Waals surface area contributed by atoms with Crippen molar-refractivity contribution < 1.29 is 29.4 Å². The zero-order chi connectivity index (χ0) is 23.7. The number of carboxylic acids is 1. The molecule has 3 unspecified atom stereocenters. The van der Waals surface area contributed by atoms with Crippen molar-refractivity contribution >= 4 is 23.7 Å². The Bertz CT molecular complexity index is 929. The minimum atomic E-state index is -1.24. The molecule has 2 aromatic rings. The summed E-state index contributed by atoms with van der Waals surface area (Å²) >= 11 is 0. The molecule has 1 aromatic heterocycles. The predicted octanol–water partition coefficient (Wildman–Crippen LogP) is -1.58. The molecule has 0 fully saturated rings. The molecule has 32 heavy (non-hydrogen) atoms. The van der Waals surface area contributed by atoms with Crippen molar-refractivity contribution in [2.45, 2.75) is 37.9 Å². The number of nitrogens with one attached hydrogen (secondary N) is 4. The molecule has 0 saturated heterocycles. The number of imidazole rings is 1. The number of amides is 3. The van der Waals surface area contributed by atoms with Crippen molar-refractivity contribution in [2.24, 2.45) is 5.73 Å². The number of aliphatic carboxylic acids is 1. The summed E-state index contributed by atoms with van der Waals surface area (Å²) in [7, 11) is 0. The summed E-state index contributed by atoms with van der Waals surface area (Å²) < 4.78 is 0. The SMILES string of the molecule is CC(N)C(=O)NC(Cc1cnc[nH]1)C(=O)NC(Cc1ccc(O)cc1)C(=O)NCC(=O)O. The van der Waals surface area contributed by atoms with Crippen molar-refractivity contribution in [3.05, 3.63) is 48.0 Å². The fraction of sp³-hybridized carbons (Fsp3) is 0.350. The first-order chi connectivity index (χ1) is 15.2. The van der Waals surface area contributed by atoms with Crippen LogP contribution in [0.1, 0.15) is 18.2 Å². The van der Waals surface area contributed by atoms with Crippen LogP contribution < -0.4 is 21.7 Å². The van der Waals surface area contributed by atoms with Gasteiger partial charge in [0.05, 0.1) is 12.4 Å². The molecule has 0 aliphatic carbocycles. The number of H-pyrrole nitrogens is 1. The number of carbonyl (C=O) groups excluding carboxylic acids is 3. The second-order valence-corrected chi connectivity index (χ2v) is 7.17. The molecule has 1 aromatic carbocycles. The van der Waals surface area contributed by atoms with E-state index in [0.717, 1.165) is 0 Å². The number of benzene rings is 1. The van der Waals surface area contributed by atoms with Gasteiger partial charge in [0.2, 0.25) is 17.7 Å². The van der Waals surface area contributed by atoms with Crippen LogP contribution >= 0.6 is 0 Å². The first-order valence-electron chi connectivity index (χ1n) is 9.76. The molecule has 8 N–H and O–H groups in total. The first-order valence-corrected chi connectivity index (χ1v) is 9.76. The predicted molar refractivity (Wildman–Crippen MR) is 112 cm³/mol. The van der Waals surface area contributed by atoms with Crippen LogP contribution in [0.4, 0.5) is 0 Å². The third-order valence-electron chi connectivity index (χ3n) is 4.45. The fourth-order valence-electron chi connectivity index (χ4n) is 2.76. The molecule has 2 rings (SSSR count). The molecule has 12 nitrogen and oxygen atoms in total. The van der Waals surface area contributed by atoms with Crippen LogP contribution in [0.25, 0.3) is 0 Å². The lowest BCUT2D eigenvalue weighted by Crippen LogP contribution is -2.57. The van der Waals surface area contributed by atoms with Crippen LogP contribution in [-0.2, 0) is 32.0 Å². The second-order valence-electron chi connectivity index (χ2n) is 7.17. The number of phenolic OH excluding ortho intramolecular Hbond substituents is 1. The van der Waals surface area contributed by atoms with E-state index >= 15 is 0 Å². The quantitative estimate of drug-likeness (QED) is 0.214. The third kappa shape index (κ3) is 7.72. The molecule has 1 heterocycles. The molecule has 0 aliphatic heterocycles. The summed E-state index contributed by atoms with van der Waals surface area (Å²) in [4.78, 5) is 55.2. The number of phenols is 1. The van der Waals surface area contributed by atoms with Gasteiger partial charge in [0.1, 0.15) is 24.4 Å². The molecular formula is C20H26N6O6. The van der Waals surface area contributed by atoms with Crippen molar-refractivity contribution in [2.75, 3.05) is 6.54 Å². The van der Waals surface area contributed by atoms with Crippen molar-refractivity contribution in [1.82, 2.24) is 25.9 Å². The summed E-state index contributed by atoms with van der Waals surface area (Å²) in [6.07, 6.45) is 3.00. The molecular weight excluding hydrogens is 420 g/mol. The highest BCUT2D eigenvalue weighted by Gasteiger charge is 2.28. The van der Waals surface area contributed by atoms with E-state index in [1.54, 1.807) is 12.1 Å². The van der Waals surface area contributed by atoms with Gasteiger partial charge in [0.25, 0.3) is 0 Å². The fourth-order valence-corrected chi connectivity index (χ4v) is 2.76. The smallest absolute Gasteiger partial charge is 0.322 e. The molecule has 172 valence electrons. The van der Waals surface area contributed by atoms with Gasteiger partial charge in [0, 0.05) is 24.7 Å². The molecule has 0 saturated carbocycles. The topological polar surface area (TPSA) is 200 Å². The molecule has 3 amide bonds. The van der Waals surface area contributed by atoms with Gasteiger partial charge in [-0.3, -0.25) is 19.2 Å². The van der Waals surface area contributed by atoms with E-state index in [2.05, 4.69) is 25.9 Å². The largest absolute Gasteiger partial charge is 0.508 e. The normalized spacial score (nSPS) is 13.4. The van der Waals surface area contributed by atoms with Crippen LogP contribution in [0.2, 0.25) is 0 Å². The number of carbonyl (C=O) groups is 4. The average Bonchev–Trinajstić information content (AvgIpc) is 3.25. The maximum Gasteiger partial charge on any atom is 0.322 e.